The third kappa shape index (κ3) is 1.06. The number of aryl methyl sites for hydroxylation is 1. The molecule has 2 aromatic rings. The predicted molar refractivity (Wildman–Crippen MR) is 52.3 cm³/mol. The molecule has 0 aliphatic heterocycles. The van der Waals surface area contributed by atoms with Gasteiger partial charge in [-0.2, -0.15) is 0 Å². The van der Waals surface area contributed by atoms with Gasteiger partial charge in [-0.15, -0.1) is 9.24 Å². The van der Waals surface area contributed by atoms with Crippen LogP contribution in [0.2, 0.25) is 0 Å². The van der Waals surface area contributed by atoms with Crippen molar-refractivity contribution in [2.75, 3.05) is 0 Å². The summed E-state index contributed by atoms with van der Waals surface area (Å²) in [7, 11) is 4.76. The molecule has 0 radical (unpaired) electrons. The van der Waals surface area contributed by atoms with Crippen molar-refractivity contribution < 1.29 is 0 Å². The molecule has 1 heterocycles. The molecule has 1 aromatic heterocycles. The van der Waals surface area contributed by atoms with Crippen LogP contribution in [-0.4, -0.2) is 4.57 Å². The maximum atomic E-state index is 2.70. The molecule has 0 bridgehead atoms. The Morgan fingerprint density at radius 1 is 1.27 bits per heavy atom. The number of hydrogen-bond donors (Lipinski definition) is 0. The molecule has 0 aliphatic rings. The Balaban J connectivity index is 2.86. The molecule has 1 unspecified atom stereocenters. The Morgan fingerprint density at radius 2 is 2.09 bits per heavy atom. The Kier molecular flexibility index (Phi) is 1.47. The Bertz CT molecular complexity index is 389. The van der Waals surface area contributed by atoms with Gasteiger partial charge in [0, 0.05) is 24.1 Å². The summed E-state index contributed by atoms with van der Waals surface area (Å²) >= 11 is 0. The molecular formula is C9H10NP. The van der Waals surface area contributed by atoms with E-state index in [-0.39, 0.29) is 0 Å². The van der Waals surface area contributed by atoms with Gasteiger partial charge in [-0.25, -0.2) is 0 Å². The number of benzene rings is 1. The van der Waals surface area contributed by atoms with Gasteiger partial charge in [0.05, 0.1) is 0 Å². The molecule has 1 nitrogen and oxygen atoms in total. The van der Waals surface area contributed by atoms with Crippen molar-refractivity contribution in [3.63, 3.8) is 0 Å². The highest BCUT2D eigenvalue weighted by molar-refractivity contribution is 7.27. The molecule has 1 aromatic carbocycles. The minimum Gasteiger partial charge on any atom is -0.351 e. The van der Waals surface area contributed by atoms with Crippen LogP contribution in [-0.2, 0) is 7.05 Å². The molecule has 0 saturated heterocycles. The normalized spacial score (nSPS) is 10.7. The van der Waals surface area contributed by atoms with Gasteiger partial charge in [0.1, 0.15) is 0 Å². The lowest BCUT2D eigenvalue weighted by molar-refractivity contribution is 0.969. The second-order valence-corrected chi connectivity index (χ2v) is 3.41. The van der Waals surface area contributed by atoms with Crippen molar-refractivity contribution in [1.29, 1.82) is 0 Å². The summed E-state index contributed by atoms with van der Waals surface area (Å²) in [5.74, 6) is 0. The van der Waals surface area contributed by atoms with Gasteiger partial charge in [0.25, 0.3) is 0 Å². The lowest BCUT2D eigenvalue weighted by atomic mass is 10.2. The van der Waals surface area contributed by atoms with Crippen molar-refractivity contribution in [1.82, 2.24) is 4.57 Å². The third-order valence-corrected chi connectivity index (χ3v) is 2.27. The topological polar surface area (TPSA) is 4.93 Å². The van der Waals surface area contributed by atoms with E-state index in [0.29, 0.717) is 0 Å². The first-order valence-electron chi connectivity index (χ1n) is 3.58. The smallest absolute Gasteiger partial charge is 0.0478 e. The number of aromatic nitrogens is 1. The number of fused-ring (bicyclic) bond motifs is 1. The van der Waals surface area contributed by atoms with Crippen LogP contribution in [0.25, 0.3) is 10.9 Å². The predicted octanol–water partition coefficient (Wildman–Crippen LogP) is 1.68. The van der Waals surface area contributed by atoms with Gasteiger partial charge in [-0.1, -0.05) is 6.07 Å². The van der Waals surface area contributed by atoms with E-state index >= 15 is 0 Å². The first-order chi connectivity index (χ1) is 5.27. The molecule has 0 aliphatic carbocycles. The summed E-state index contributed by atoms with van der Waals surface area (Å²) in [6.07, 6.45) is 2.08. The van der Waals surface area contributed by atoms with Crippen LogP contribution in [0.4, 0.5) is 0 Å². The van der Waals surface area contributed by atoms with Gasteiger partial charge in [0.2, 0.25) is 0 Å². The van der Waals surface area contributed by atoms with Gasteiger partial charge in [-0.3, -0.25) is 0 Å². The van der Waals surface area contributed by atoms with E-state index in [2.05, 4.69) is 51.3 Å². The molecule has 1 atom stereocenters. The Labute approximate surface area is 68.2 Å². The largest absolute Gasteiger partial charge is 0.351 e. The molecule has 56 valence electrons. The zero-order valence-electron chi connectivity index (χ0n) is 6.41. The van der Waals surface area contributed by atoms with Crippen LogP contribution < -0.4 is 5.30 Å². The summed E-state index contributed by atoms with van der Waals surface area (Å²) in [6, 6.07) is 8.54. The minimum absolute atomic E-state index is 1.24. The second-order valence-electron chi connectivity index (χ2n) is 2.74. The molecule has 2 rings (SSSR count). The summed E-state index contributed by atoms with van der Waals surface area (Å²) in [4.78, 5) is 0. The average molecular weight is 163 g/mol. The number of rotatable bonds is 0. The standard InChI is InChI=1S/C9H10NP/c1-10-5-4-7-6-8(11)2-3-9(7)10/h2-6H,11H2,1H3. The van der Waals surface area contributed by atoms with Crippen LogP contribution in [0.3, 0.4) is 0 Å². The van der Waals surface area contributed by atoms with Gasteiger partial charge < -0.3 is 4.57 Å². The Morgan fingerprint density at radius 3 is 2.91 bits per heavy atom. The highest BCUT2D eigenvalue weighted by Crippen LogP contribution is 2.12. The van der Waals surface area contributed by atoms with Crippen LogP contribution in [0.15, 0.2) is 30.5 Å². The maximum absolute atomic E-state index is 2.70. The van der Waals surface area contributed by atoms with E-state index in [4.69, 9.17) is 0 Å². The summed E-state index contributed by atoms with van der Waals surface area (Å²) < 4.78 is 2.12. The van der Waals surface area contributed by atoms with E-state index in [1.165, 1.54) is 16.2 Å². The molecule has 0 N–H and O–H groups in total. The van der Waals surface area contributed by atoms with E-state index in [1.54, 1.807) is 0 Å². The fraction of sp³-hybridized carbons (Fsp3) is 0.111. The summed E-state index contributed by atoms with van der Waals surface area (Å²) in [5.41, 5.74) is 1.29. The summed E-state index contributed by atoms with van der Waals surface area (Å²) in [5, 5.41) is 2.55. The first-order valence-corrected chi connectivity index (χ1v) is 4.16. The third-order valence-electron chi connectivity index (χ3n) is 1.91. The molecule has 2 heteroatoms. The van der Waals surface area contributed by atoms with Crippen LogP contribution in [0, 0.1) is 0 Å². The molecule has 11 heavy (non-hydrogen) atoms. The van der Waals surface area contributed by atoms with Crippen molar-refractivity contribution >= 4 is 25.4 Å². The van der Waals surface area contributed by atoms with Crippen LogP contribution in [0.1, 0.15) is 0 Å². The summed E-state index contributed by atoms with van der Waals surface area (Å²) in [6.45, 7) is 0. The number of nitrogens with zero attached hydrogens (tertiary/aromatic N) is 1. The van der Waals surface area contributed by atoms with Crippen molar-refractivity contribution in [2.24, 2.45) is 7.05 Å². The fourth-order valence-corrected chi connectivity index (χ4v) is 1.58. The van der Waals surface area contributed by atoms with E-state index in [1.807, 2.05) is 0 Å². The molecule has 0 spiro atoms. The average Bonchev–Trinajstić information content (AvgIpc) is 2.32. The minimum atomic E-state index is 1.24. The van der Waals surface area contributed by atoms with Crippen molar-refractivity contribution in [3.8, 4) is 0 Å². The highest BCUT2D eigenvalue weighted by Gasteiger charge is 1.95. The van der Waals surface area contributed by atoms with E-state index in [9.17, 15) is 0 Å². The molecule has 0 saturated carbocycles. The van der Waals surface area contributed by atoms with Gasteiger partial charge in [0.15, 0.2) is 0 Å². The monoisotopic (exact) mass is 163 g/mol. The maximum Gasteiger partial charge on any atom is 0.0478 e. The lowest BCUT2D eigenvalue weighted by Gasteiger charge is -1.95. The number of hydrogen-bond acceptors (Lipinski definition) is 0. The van der Waals surface area contributed by atoms with Gasteiger partial charge >= 0.3 is 0 Å². The van der Waals surface area contributed by atoms with E-state index < -0.39 is 0 Å². The van der Waals surface area contributed by atoms with Gasteiger partial charge in [-0.05, 0) is 23.5 Å². The zero-order chi connectivity index (χ0) is 7.84. The van der Waals surface area contributed by atoms with Crippen LogP contribution >= 0.6 is 9.24 Å². The van der Waals surface area contributed by atoms with Crippen molar-refractivity contribution in [3.05, 3.63) is 30.5 Å². The Hall–Kier alpha value is -0.810. The van der Waals surface area contributed by atoms with Crippen molar-refractivity contribution in [2.45, 2.75) is 0 Å². The highest BCUT2D eigenvalue weighted by atomic mass is 31.0. The second kappa shape index (κ2) is 2.35. The van der Waals surface area contributed by atoms with E-state index in [0.717, 1.165) is 0 Å². The lowest BCUT2D eigenvalue weighted by Crippen LogP contribution is -1.89. The SMILES string of the molecule is Cn1ccc2cc(P)ccc21. The fourth-order valence-electron chi connectivity index (χ4n) is 1.30. The molecule has 0 amide bonds. The quantitative estimate of drug-likeness (QED) is 0.521. The zero-order valence-corrected chi connectivity index (χ0v) is 7.57. The first kappa shape index (κ1) is 6.87. The molecule has 0 fully saturated rings. The van der Waals surface area contributed by atoms with Crippen LogP contribution in [0.5, 0.6) is 0 Å². The molecular weight excluding hydrogens is 153 g/mol.